The second-order valence-corrected chi connectivity index (χ2v) is 28.3. The molecule has 17 nitrogen and oxygen atoms in total. The van der Waals surface area contributed by atoms with Crippen molar-refractivity contribution >= 4 is 39.5 Å². The van der Waals surface area contributed by atoms with Gasteiger partial charge in [-0.15, -0.1) is 0 Å². The van der Waals surface area contributed by atoms with Crippen LogP contribution in [0.25, 0.3) is 0 Å². The fraction of sp³-hybridized carbons (Fsp3) is 0.884. The van der Waals surface area contributed by atoms with E-state index in [-0.39, 0.29) is 25.7 Å². The minimum atomic E-state index is -4.96. The molecule has 88 heavy (non-hydrogen) atoms. The van der Waals surface area contributed by atoms with Crippen molar-refractivity contribution in [2.75, 3.05) is 39.6 Å². The summed E-state index contributed by atoms with van der Waals surface area (Å²) in [5.74, 6) is 0.0132. The SMILES string of the molecule is CCCCCC/C=C\C=C/CCCCCCCC(=O)O[C@H](COC(=O)CCCCCCCCCC(C)C)COP(=O)(O)OCC(O)COP(=O)(O)OC[C@@H](COC(=O)CCCCCCCCCCCCC(C)CC)OC(=O)CCCCCCCCC(C)C. The summed E-state index contributed by atoms with van der Waals surface area (Å²) < 4.78 is 68.1. The fourth-order valence-corrected chi connectivity index (χ4v) is 11.4. The first kappa shape index (κ1) is 85.5. The van der Waals surface area contributed by atoms with E-state index in [1.54, 1.807) is 0 Å². The lowest BCUT2D eigenvalue weighted by atomic mass is 9.99. The number of allylic oxidation sites excluding steroid dienone is 4. The minimum Gasteiger partial charge on any atom is -0.462 e. The largest absolute Gasteiger partial charge is 0.472 e. The van der Waals surface area contributed by atoms with Crippen LogP contribution in [0.4, 0.5) is 0 Å². The molecule has 0 aromatic rings. The van der Waals surface area contributed by atoms with Gasteiger partial charge in [0.2, 0.25) is 0 Å². The molecule has 0 aliphatic rings. The Morgan fingerprint density at radius 1 is 0.375 bits per heavy atom. The Labute approximate surface area is 535 Å². The van der Waals surface area contributed by atoms with E-state index in [9.17, 15) is 43.2 Å². The molecule has 0 rings (SSSR count). The standard InChI is InChI=1S/C69H130O17P2/c1-8-10-11-12-13-14-15-16-17-18-19-24-29-38-45-52-68(73)85-64(56-80-67(72)51-44-37-30-25-26-33-40-47-60(3)4)58-83-87(75,76)81-54-63(70)55-82-88(77,78)84-59-65(86-69(74)53-46-39-32-31-34-41-48-61(5)6)57-79-66(71)50-43-36-28-23-21-20-22-27-35-42-49-62(7)9-2/h14-17,60-65,70H,8-13,18-59H2,1-7H3,(H,75,76)(H,77,78)/b15-14-,17-16-/t62?,63?,64-,65-/m1/s1. The van der Waals surface area contributed by atoms with Gasteiger partial charge >= 0.3 is 39.5 Å². The number of carbonyl (C=O) groups is 4. The highest BCUT2D eigenvalue weighted by Gasteiger charge is 2.30. The molecular weight excluding hydrogens is 1160 g/mol. The first-order valence-corrected chi connectivity index (χ1v) is 38.2. The Kier molecular flexibility index (Phi) is 57.9. The van der Waals surface area contributed by atoms with Gasteiger partial charge in [0, 0.05) is 25.7 Å². The van der Waals surface area contributed by atoms with E-state index in [0.717, 1.165) is 115 Å². The summed E-state index contributed by atoms with van der Waals surface area (Å²) in [7, 11) is -9.91. The van der Waals surface area contributed by atoms with E-state index < -0.39 is 97.5 Å². The summed E-state index contributed by atoms with van der Waals surface area (Å²) in [6.07, 6.45) is 45.5. The first-order valence-electron chi connectivity index (χ1n) is 35.2. The summed E-state index contributed by atoms with van der Waals surface area (Å²) in [5.41, 5.74) is 0. The zero-order valence-corrected chi connectivity index (χ0v) is 58.5. The van der Waals surface area contributed by atoms with Gasteiger partial charge < -0.3 is 33.8 Å². The van der Waals surface area contributed by atoms with Crippen LogP contribution < -0.4 is 0 Å². The van der Waals surface area contributed by atoms with Crippen molar-refractivity contribution < 1.29 is 80.2 Å². The average molecular weight is 1290 g/mol. The Morgan fingerprint density at radius 2 is 0.670 bits per heavy atom. The Balaban J connectivity index is 5.26. The summed E-state index contributed by atoms with van der Waals surface area (Å²) >= 11 is 0. The number of phosphoric ester groups is 2. The average Bonchev–Trinajstić information content (AvgIpc) is 3.66. The van der Waals surface area contributed by atoms with Gasteiger partial charge in [0.25, 0.3) is 0 Å². The molecule has 0 fully saturated rings. The van der Waals surface area contributed by atoms with E-state index in [4.69, 9.17) is 37.0 Å². The molecule has 0 spiro atoms. The third-order valence-corrected chi connectivity index (χ3v) is 17.5. The second kappa shape index (κ2) is 59.5. The zero-order valence-electron chi connectivity index (χ0n) is 56.7. The van der Waals surface area contributed by atoms with Crippen molar-refractivity contribution in [3.05, 3.63) is 24.3 Å². The molecule has 0 bridgehead atoms. The van der Waals surface area contributed by atoms with E-state index in [1.807, 2.05) is 0 Å². The van der Waals surface area contributed by atoms with E-state index in [2.05, 4.69) is 72.8 Å². The number of phosphoric acid groups is 2. The lowest BCUT2D eigenvalue weighted by Crippen LogP contribution is -2.30. The highest BCUT2D eigenvalue weighted by Crippen LogP contribution is 2.45. The van der Waals surface area contributed by atoms with Gasteiger partial charge in [0.15, 0.2) is 12.2 Å². The molecule has 0 amide bonds. The van der Waals surface area contributed by atoms with E-state index in [0.29, 0.717) is 37.5 Å². The molecule has 0 heterocycles. The van der Waals surface area contributed by atoms with Crippen LogP contribution in [0.2, 0.25) is 0 Å². The number of rotatable bonds is 65. The highest BCUT2D eigenvalue weighted by atomic mass is 31.2. The number of hydrogen-bond acceptors (Lipinski definition) is 15. The Bertz CT molecular complexity index is 1830. The van der Waals surface area contributed by atoms with Crippen LogP contribution in [-0.2, 0) is 65.4 Å². The van der Waals surface area contributed by atoms with Gasteiger partial charge in [-0.05, 0) is 69.1 Å². The maximum absolute atomic E-state index is 13.0. The highest BCUT2D eigenvalue weighted by molar-refractivity contribution is 7.47. The zero-order chi connectivity index (χ0) is 65.2. The smallest absolute Gasteiger partial charge is 0.462 e. The topological polar surface area (TPSA) is 237 Å². The van der Waals surface area contributed by atoms with Gasteiger partial charge in [-0.3, -0.25) is 37.3 Å². The van der Waals surface area contributed by atoms with Crippen LogP contribution in [0.5, 0.6) is 0 Å². The first-order chi connectivity index (χ1) is 42.3. The van der Waals surface area contributed by atoms with Crippen molar-refractivity contribution in [3.8, 4) is 0 Å². The number of carbonyl (C=O) groups excluding carboxylic acids is 4. The maximum Gasteiger partial charge on any atom is 0.472 e. The van der Waals surface area contributed by atoms with Gasteiger partial charge in [0.1, 0.15) is 19.3 Å². The monoisotopic (exact) mass is 1290 g/mol. The number of esters is 4. The van der Waals surface area contributed by atoms with Crippen LogP contribution in [-0.4, -0.2) is 96.7 Å². The number of aliphatic hydroxyl groups is 1. The molecule has 0 aromatic carbocycles. The van der Waals surface area contributed by atoms with Crippen molar-refractivity contribution in [3.63, 3.8) is 0 Å². The molecule has 6 atom stereocenters. The normalized spacial score (nSPS) is 14.7. The third-order valence-electron chi connectivity index (χ3n) is 15.6. The van der Waals surface area contributed by atoms with Crippen LogP contribution in [0.3, 0.4) is 0 Å². The minimum absolute atomic E-state index is 0.0836. The number of aliphatic hydroxyl groups excluding tert-OH is 1. The molecule has 0 aliphatic carbocycles. The van der Waals surface area contributed by atoms with Gasteiger partial charge in [-0.1, -0.05) is 265 Å². The summed E-state index contributed by atoms with van der Waals surface area (Å²) in [6.45, 7) is 11.6. The van der Waals surface area contributed by atoms with E-state index in [1.165, 1.54) is 109 Å². The third kappa shape index (κ3) is 61.1. The summed E-state index contributed by atoms with van der Waals surface area (Å²) in [5, 5.41) is 10.6. The maximum atomic E-state index is 13.0. The summed E-state index contributed by atoms with van der Waals surface area (Å²) in [6, 6.07) is 0. The van der Waals surface area contributed by atoms with Crippen molar-refractivity contribution in [1.82, 2.24) is 0 Å². The van der Waals surface area contributed by atoms with Crippen molar-refractivity contribution in [2.45, 2.75) is 336 Å². The quantitative estimate of drug-likeness (QED) is 0.0169. The van der Waals surface area contributed by atoms with Crippen LogP contribution in [0.1, 0.15) is 318 Å². The predicted octanol–water partition coefficient (Wildman–Crippen LogP) is 19.0. The molecule has 3 N–H and O–H groups in total. The molecular formula is C69H130O17P2. The number of unbranched alkanes of at least 4 members (excludes halogenated alkanes) is 29. The molecule has 0 saturated carbocycles. The predicted molar refractivity (Wildman–Crippen MR) is 354 cm³/mol. The molecule has 0 aliphatic heterocycles. The lowest BCUT2D eigenvalue weighted by Gasteiger charge is -2.21. The molecule has 0 radical (unpaired) electrons. The van der Waals surface area contributed by atoms with Crippen molar-refractivity contribution in [2.24, 2.45) is 17.8 Å². The van der Waals surface area contributed by atoms with Gasteiger partial charge in [0.05, 0.1) is 26.4 Å². The molecule has 0 aromatic heterocycles. The van der Waals surface area contributed by atoms with E-state index >= 15 is 0 Å². The van der Waals surface area contributed by atoms with Crippen LogP contribution in [0, 0.1) is 17.8 Å². The Hall–Kier alpha value is -2.46. The fourth-order valence-electron chi connectivity index (χ4n) is 9.79. The molecule has 19 heteroatoms. The van der Waals surface area contributed by atoms with Gasteiger partial charge in [-0.25, -0.2) is 9.13 Å². The molecule has 0 saturated heterocycles. The number of hydrogen-bond donors (Lipinski definition) is 3. The van der Waals surface area contributed by atoms with Gasteiger partial charge in [-0.2, -0.15) is 0 Å². The molecule has 518 valence electrons. The Morgan fingerprint density at radius 3 is 1.01 bits per heavy atom. The van der Waals surface area contributed by atoms with Crippen molar-refractivity contribution in [1.29, 1.82) is 0 Å². The summed E-state index contributed by atoms with van der Waals surface area (Å²) in [4.78, 5) is 72.4. The lowest BCUT2D eigenvalue weighted by molar-refractivity contribution is -0.161. The molecule has 4 unspecified atom stereocenters. The van der Waals surface area contributed by atoms with Crippen LogP contribution >= 0.6 is 15.6 Å². The second-order valence-electron chi connectivity index (χ2n) is 25.4. The number of ether oxygens (including phenoxy) is 4. The van der Waals surface area contributed by atoms with Crippen LogP contribution in [0.15, 0.2) is 24.3 Å².